The van der Waals surface area contributed by atoms with E-state index in [9.17, 15) is 4.79 Å². The highest BCUT2D eigenvalue weighted by Gasteiger charge is 2.27. The molecule has 1 saturated heterocycles. The number of benzene rings is 2. The molecule has 0 aromatic heterocycles. The van der Waals surface area contributed by atoms with E-state index in [4.69, 9.17) is 15.2 Å². The molecule has 28 heavy (non-hydrogen) atoms. The van der Waals surface area contributed by atoms with Gasteiger partial charge in [0, 0.05) is 13.1 Å². The van der Waals surface area contributed by atoms with E-state index in [-0.39, 0.29) is 6.09 Å². The standard InChI is InChI=1S/C23H30N2O3/c1-16-7-5-6-8-20(16)27-21-15-18(9-10-19(21)24)17-11-13-25(14-12-17)22(26)28-23(2,3)4/h5-10,15,17H,11-14,24H2,1-4H3. The van der Waals surface area contributed by atoms with E-state index < -0.39 is 5.60 Å². The van der Waals surface area contributed by atoms with Crippen molar-refractivity contribution < 1.29 is 14.3 Å². The van der Waals surface area contributed by atoms with Gasteiger partial charge in [0.1, 0.15) is 11.4 Å². The van der Waals surface area contributed by atoms with Gasteiger partial charge in [-0.1, -0.05) is 24.3 Å². The highest BCUT2D eigenvalue weighted by molar-refractivity contribution is 5.68. The lowest BCUT2D eigenvalue weighted by molar-refractivity contribution is 0.0205. The predicted octanol–water partition coefficient (Wildman–Crippen LogP) is 5.48. The number of hydrogen-bond acceptors (Lipinski definition) is 4. The van der Waals surface area contributed by atoms with Crippen molar-refractivity contribution in [2.45, 2.75) is 52.1 Å². The largest absolute Gasteiger partial charge is 0.455 e. The summed E-state index contributed by atoms with van der Waals surface area (Å²) in [7, 11) is 0. The fraction of sp³-hybridized carbons (Fsp3) is 0.435. The highest BCUT2D eigenvalue weighted by atomic mass is 16.6. The van der Waals surface area contributed by atoms with E-state index in [2.05, 4.69) is 6.07 Å². The third-order valence-electron chi connectivity index (χ3n) is 4.97. The maximum atomic E-state index is 12.3. The minimum Gasteiger partial charge on any atom is -0.455 e. The van der Waals surface area contributed by atoms with Crippen LogP contribution in [-0.4, -0.2) is 29.7 Å². The van der Waals surface area contributed by atoms with Crippen LogP contribution in [0.2, 0.25) is 0 Å². The van der Waals surface area contributed by atoms with Crippen LogP contribution in [0.4, 0.5) is 10.5 Å². The summed E-state index contributed by atoms with van der Waals surface area (Å²) in [6, 6.07) is 13.9. The van der Waals surface area contributed by atoms with Crippen molar-refractivity contribution in [3.63, 3.8) is 0 Å². The third-order valence-corrected chi connectivity index (χ3v) is 4.97. The Labute approximate surface area is 167 Å². The molecule has 1 fully saturated rings. The summed E-state index contributed by atoms with van der Waals surface area (Å²) in [5.41, 5.74) is 8.56. The van der Waals surface area contributed by atoms with E-state index >= 15 is 0 Å². The van der Waals surface area contributed by atoms with Crippen molar-refractivity contribution in [2.24, 2.45) is 0 Å². The van der Waals surface area contributed by atoms with E-state index in [1.807, 2.05) is 64.1 Å². The molecule has 5 heteroatoms. The van der Waals surface area contributed by atoms with Gasteiger partial charge in [-0.2, -0.15) is 0 Å². The molecule has 2 N–H and O–H groups in total. The van der Waals surface area contributed by atoms with Gasteiger partial charge < -0.3 is 20.1 Å². The van der Waals surface area contributed by atoms with Crippen LogP contribution in [-0.2, 0) is 4.74 Å². The second kappa shape index (κ2) is 8.13. The molecule has 2 aromatic rings. The van der Waals surface area contributed by atoms with Crippen LogP contribution in [0.25, 0.3) is 0 Å². The Morgan fingerprint density at radius 1 is 1.07 bits per heavy atom. The number of ether oxygens (including phenoxy) is 2. The Balaban J connectivity index is 1.67. The summed E-state index contributed by atoms with van der Waals surface area (Å²) in [5.74, 6) is 1.87. The zero-order valence-corrected chi connectivity index (χ0v) is 17.2. The molecule has 0 unspecified atom stereocenters. The van der Waals surface area contributed by atoms with Crippen molar-refractivity contribution in [1.82, 2.24) is 4.90 Å². The van der Waals surface area contributed by atoms with Crippen LogP contribution < -0.4 is 10.5 Å². The van der Waals surface area contributed by atoms with Gasteiger partial charge in [-0.15, -0.1) is 0 Å². The molecule has 0 saturated carbocycles. The maximum Gasteiger partial charge on any atom is 0.410 e. The lowest BCUT2D eigenvalue weighted by atomic mass is 9.89. The first-order valence-corrected chi connectivity index (χ1v) is 9.84. The molecule has 2 aromatic carbocycles. The molecule has 1 aliphatic rings. The van der Waals surface area contributed by atoms with Crippen LogP contribution in [0.5, 0.6) is 11.5 Å². The number of amides is 1. The number of nitrogens with two attached hydrogens (primary N) is 1. The lowest BCUT2D eigenvalue weighted by Gasteiger charge is -2.33. The van der Waals surface area contributed by atoms with Crippen LogP contribution in [0.1, 0.15) is 50.7 Å². The number of nitrogen functional groups attached to an aromatic ring is 1. The second-order valence-electron chi connectivity index (χ2n) is 8.41. The van der Waals surface area contributed by atoms with Gasteiger partial charge >= 0.3 is 6.09 Å². The average molecular weight is 383 g/mol. The van der Waals surface area contributed by atoms with Crippen LogP contribution in [0, 0.1) is 6.92 Å². The fourth-order valence-corrected chi connectivity index (χ4v) is 3.40. The van der Waals surface area contributed by atoms with Gasteiger partial charge in [-0.25, -0.2) is 4.79 Å². The van der Waals surface area contributed by atoms with Gasteiger partial charge in [0.2, 0.25) is 0 Å². The number of rotatable bonds is 3. The monoisotopic (exact) mass is 382 g/mol. The summed E-state index contributed by atoms with van der Waals surface area (Å²) >= 11 is 0. The summed E-state index contributed by atoms with van der Waals surface area (Å²) in [5, 5.41) is 0. The molecular formula is C23H30N2O3. The van der Waals surface area contributed by atoms with Crippen molar-refractivity contribution in [3.05, 3.63) is 53.6 Å². The minimum atomic E-state index is -0.466. The molecular weight excluding hydrogens is 352 g/mol. The Kier molecular flexibility index (Phi) is 5.82. The average Bonchev–Trinajstić information content (AvgIpc) is 2.64. The van der Waals surface area contributed by atoms with Gasteiger partial charge in [0.15, 0.2) is 5.75 Å². The Hall–Kier alpha value is -2.69. The number of anilines is 1. The third kappa shape index (κ3) is 4.97. The molecule has 3 rings (SSSR count). The quantitative estimate of drug-likeness (QED) is 0.714. The van der Waals surface area contributed by atoms with E-state index in [1.165, 1.54) is 5.56 Å². The Morgan fingerprint density at radius 3 is 2.39 bits per heavy atom. The lowest BCUT2D eigenvalue weighted by Crippen LogP contribution is -2.41. The highest BCUT2D eigenvalue weighted by Crippen LogP contribution is 2.35. The normalized spacial score (nSPS) is 15.4. The van der Waals surface area contributed by atoms with Crippen molar-refractivity contribution in [3.8, 4) is 11.5 Å². The maximum absolute atomic E-state index is 12.3. The number of carbonyl (C=O) groups excluding carboxylic acids is 1. The smallest absolute Gasteiger partial charge is 0.410 e. The first-order chi connectivity index (χ1) is 13.2. The summed E-state index contributed by atoms with van der Waals surface area (Å²) < 4.78 is 11.6. The summed E-state index contributed by atoms with van der Waals surface area (Å²) in [6.07, 6.45) is 1.56. The molecule has 1 heterocycles. The van der Waals surface area contributed by atoms with E-state index in [0.29, 0.717) is 30.4 Å². The van der Waals surface area contributed by atoms with Gasteiger partial charge in [0.25, 0.3) is 0 Å². The van der Waals surface area contributed by atoms with Gasteiger partial charge in [-0.3, -0.25) is 0 Å². The summed E-state index contributed by atoms with van der Waals surface area (Å²) in [6.45, 7) is 9.07. The van der Waals surface area contributed by atoms with Crippen LogP contribution in [0.3, 0.4) is 0 Å². The van der Waals surface area contributed by atoms with E-state index in [1.54, 1.807) is 4.90 Å². The number of piperidine rings is 1. The number of para-hydroxylation sites is 1. The molecule has 0 bridgehead atoms. The number of carbonyl (C=O) groups is 1. The van der Waals surface area contributed by atoms with Crippen molar-refractivity contribution >= 4 is 11.8 Å². The Morgan fingerprint density at radius 2 is 1.75 bits per heavy atom. The number of hydrogen-bond donors (Lipinski definition) is 1. The Bertz CT molecular complexity index is 834. The second-order valence-corrected chi connectivity index (χ2v) is 8.41. The fourth-order valence-electron chi connectivity index (χ4n) is 3.40. The minimum absolute atomic E-state index is 0.230. The first-order valence-electron chi connectivity index (χ1n) is 9.84. The molecule has 0 radical (unpaired) electrons. The first kappa shape index (κ1) is 20.1. The molecule has 150 valence electrons. The van der Waals surface area contributed by atoms with Crippen molar-refractivity contribution in [2.75, 3.05) is 18.8 Å². The van der Waals surface area contributed by atoms with Gasteiger partial charge in [-0.05, 0) is 75.8 Å². The zero-order valence-electron chi connectivity index (χ0n) is 17.2. The predicted molar refractivity (Wildman–Crippen MR) is 112 cm³/mol. The molecule has 0 atom stereocenters. The van der Waals surface area contributed by atoms with Crippen molar-refractivity contribution in [1.29, 1.82) is 0 Å². The van der Waals surface area contributed by atoms with Crippen LogP contribution >= 0.6 is 0 Å². The van der Waals surface area contributed by atoms with E-state index in [0.717, 1.165) is 24.2 Å². The van der Waals surface area contributed by atoms with Gasteiger partial charge in [0.05, 0.1) is 5.69 Å². The number of nitrogens with zero attached hydrogens (tertiary/aromatic N) is 1. The van der Waals surface area contributed by atoms with Crippen LogP contribution in [0.15, 0.2) is 42.5 Å². The number of aryl methyl sites for hydroxylation is 1. The molecule has 0 aliphatic carbocycles. The SMILES string of the molecule is Cc1ccccc1Oc1cc(C2CCN(C(=O)OC(C)(C)C)CC2)ccc1N. The summed E-state index contributed by atoms with van der Waals surface area (Å²) in [4.78, 5) is 14.1. The number of likely N-dealkylation sites (tertiary alicyclic amines) is 1. The molecule has 1 amide bonds. The zero-order chi connectivity index (χ0) is 20.3. The molecule has 1 aliphatic heterocycles. The molecule has 0 spiro atoms. The topological polar surface area (TPSA) is 64.8 Å². The molecule has 5 nitrogen and oxygen atoms in total.